The normalized spacial score (nSPS) is 30.6. The summed E-state index contributed by atoms with van der Waals surface area (Å²) in [6.45, 7) is 3.83. The maximum Gasteiger partial charge on any atom is 0.238 e. The fourth-order valence-corrected chi connectivity index (χ4v) is 3.78. The number of Topliss-reactive ketones (excluding diaryl/α,β-unsaturated/α-hetero) is 1. The summed E-state index contributed by atoms with van der Waals surface area (Å²) in [5.74, 6) is -0.548. The number of benzene rings is 1. The molecule has 3 nitrogen and oxygen atoms in total. The molecular weight excluding hydrogens is 257 g/mol. The Hall–Kier alpha value is -1.71. The topological polar surface area (TPSA) is 46.2 Å². The summed E-state index contributed by atoms with van der Waals surface area (Å²) < 4.78 is 13.6. The quantitative estimate of drug-likeness (QED) is 0.843. The van der Waals surface area contributed by atoms with E-state index in [9.17, 15) is 14.0 Å². The molecule has 2 aliphatic rings. The molecule has 4 heteroatoms. The zero-order valence-electron chi connectivity index (χ0n) is 11.7. The SMILES string of the molecule is CC1(C)C(=O)[C@@]2(C(=O)Nc3ccccc3F)CC[C@@H]1C2. The summed E-state index contributed by atoms with van der Waals surface area (Å²) in [5.41, 5.74) is -1.24. The summed E-state index contributed by atoms with van der Waals surface area (Å²) in [6, 6.07) is 6.04. The van der Waals surface area contributed by atoms with Gasteiger partial charge in [-0.1, -0.05) is 26.0 Å². The standard InChI is InChI=1S/C16H18FNO2/c1-15(2)10-7-8-16(9-10,13(15)19)14(20)18-12-6-4-3-5-11(12)17/h3-6,10H,7-9H2,1-2H3,(H,18,20)/t10-,16-/m1/s1. The Morgan fingerprint density at radius 3 is 2.65 bits per heavy atom. The molecule has 0 radical (unpaired) electrons. The molecule has 0 aromatic heterocycles. The second-order valence-electron chi connectivity index (χ2n) is 6.51. The lowest BCUT2D eigenvalue weighted by Gasteiger charge is -2.32. The average Bonchev–Trinajstić information content (AvgIpc) is 2.93. The lowest BCUT2D eigenvalue weighted by molar-refractivity contribution is -0.142. The van der Waals surface area contributed by atoms with Gasteiger partial charge in [-0.2, -0.15) is 0 Å². The Morgan fingerprint density at radius 2 is 2.05 bits per heavy atom. The molecule has 2 bridgehead atoms. The van der Waals surface area contributed by atoms with Gasteiger partial charge >= 0.3 is 0 Å². The van der Waals surface area contributed by atoms with Gasteiger partial charge in [0.15, 0.2) is 5.78 Å². The van der Waals surface area contributed by atoms with Gasteiger partial charge in [-0.15, -0.1) is 0 Å². The van der Waals surface area contributed by atoms with Gasteiger partial charge in [-0.3, -0.25) is 9.59 Å². The number of carbonyl (C=O) groups is 2. The zero-order chi connectivity index (χ0) is 14.5. The van der Waals surface area contributed by atoms with Crippen LogP contribution in [0.15, 0.2) is 24.3 Å². The van der Waals surface area contributed by atoms with Crippen LogP contribution in [0.4, 0.5) is 10.1 Å². The van der Waals surface area contributed by atoms with Crippen LogP contribution in [-0.2, 0) is 9.59 Å². The van der Waals surface area contributed by atoms with Crippen LogP contribution in [-0.4, -0.2) is 11.7 Å². The first-order chi connectivity index (χ1) is 9.38. The van der Waals surface area contributed by atoms with Crippen molar-refractivity contribution in [1.29, 1.82) is 0 Å². The van der Waals surface area contributed by atoms with Crippen molar-refractivity contribution in [2.45, 2.75) is 33.1 Å². The molecule has 0 unspecified atom stereocenters. The molecule has 0 spiro atoms. The van der Waals surface area contributed by atoms with E-state index >= 15 is 0 Å². The van der Waals surface area contributed by atoms with Crippen LogP contribution in [0, 0.1) is 22.6 Å². The Kier molecular flexibility index (Phi) is 2.75. The van der Waals surface area contributed by atoms with Crippen LogP contribution in [0.1, 0.15) is 33.1 Å². The number of nitrogens with one attached hydrogen (secondary N) is 1. The van der Waals surface area contributed by atoms with E-state index in [-0.39, 0.29) is 23.3 Å². The lowest BCUT2D eigenvalue weighted by atomic mass is 9.70. The molecule has 2 saturated carbocycles. The third kappa shape index (κ3) is 1.63. The highest BCUT2D eigenvalue weighted by Gasteiger charge is 2.65. The molecule has 1 aromatic rings. The molecule has 1 aromatic carbocycles. The second-order valence-corrected chi connectivity index (χ2v) is 6.51. The molecule has 2 aliphatic carbocycles. The Bertz CT molecular complexity index is 596. The first-order valence-electron chi connectivity index (χ1n) is 6.99. The van der Waals surface area contributed by atoms with E-state index in [1.807, 2.05) is 13.8 Å². The third-order valence-electron chi connectivity index (χ3n) is 5.11. The second kappa shape index (κ2) is 4.14. The summed E-state index contributed by atoms with van der Waals surface area (Å²) in [5, 5.41) is 2.60. The van der Waals surface area contributed by atoms with Gasteiger partial charge in [0, 0.05) is 5.41 Å². The monoisotopic (exact) mass is 275 g/mol. The van der Waals surface area contributed by atoms with E-state index in [1.165, 1.54) is 12.1 Å². The minimum Gasteiger partial charge on any atom is -0.323 e. The number of hydrogen-bond donors (Lipinski definition) is 1. The van der Waals surface area contributed by atoms with E-state index < -0.39 is 16.6 Å². The molecule has 3 rings (SSSR count). The van der Waals surface area contributed by atoms with Crippen LogP contribution >= 0.6 is 0 Å². The van der Waals surface area contributed by atoms with Crippen molar-refractivity contribution in [3.63, 3.8) is 0 Å². The smallest absolute Gasteiger partial charge is 0.238 e. The molecule has 1 N–H and O–H groups in total. The number of carbonyl (C=O) groups excluding carboxylic acids is 2. The fourth-order valence-electron chi connectivity index (χ4n) is 3.78. The van der Waals surface area contributed by atoms with E-state index in [2.05, 4.69) is 5.32 Å². The highest BCUT2D eigenvalue weighted by molar-refractivity contribution is 6.15. The number of amides is 1. The molecule has 0 saturated heterocycles. The van der Waals surface area contributed by atoms with Crippen molar-refractivity contribution in [3.8, 4) is 0 Å². The highest BCUT2D eigenvalue weighted by atomic mass is 19.1. The van der Waals surface area contributed by atoms with Crippen LogP contribution in [0.2, 0.25) is 0 Å². The molecule has 106 valence electrons. The van der Waals surface area contributed by atoms with Gasteiger partial charge < -0.3 is 5.32 Å². The predicted molar refractivity (Wildman–Crippen MR) is 73.6 cm³/mol. The van der Waals surface area contributed by atoms with Crippen LogP contribution in [0.3, 0.4) is 0 Å². The van der Waals surface area contributed by atoms with E-state index in [0.29, 0.717) is 12.8 Å². The van der Waals surface area contributed by atoms with Crippen molar-refractivity contribution in [1.82, 2.24) is 0 Å². The van der Waals surface area contributed by atoms with Crippen LogP contribution in [0.25, 0.3) is 0 Å². The third-order valence-corrected chi connectivity index (χ3v) is 5.11. The molecule has 20 heavy (non-hydrogen) atoms. The van der Waals surface area contributed by atoms with E-state index in [4.69, 9.17) is 0 Å². The first-order valence-corrected chi connectivity index (χ1v) is 6.99. The minimum absolute atomic E-state index is 0.00934. The number of hydrogen-bond acceptors (Lipinski definition) is 2. The van der Waals surface area contributed by atoms with E-state index in [1.54, 1.807) is 12.1 Å². The fraction of sp³-hybridized carbons (Fsp3) is 0.500. The van der Waals surface area contributed by atoms with Gasteiger partial charge in [-0.05, 0) is 37.3 Å². The minimum atomic E-state index is -0.948. The predicted octanol–water partition coefficient (Wildman–Crippen LogP) is 3.16. The molecule has 0 aliphatic heterocycles. The molecule has 2 atom stereocenters. The average molecular weight is 275 g/mol. The Balaban J connectivity index is 1.89. The maximum absolute atomic E-state index is 13.6. The largest absolute Gasteiger partial charge is 0.323 e. The van der Waals surface area contributed by atoms with Gasteiger partial charge in [-0.25, -0.2) is 4.39 Å². The number of anilines is 1. The highest BCUT2D eigenvalue weighted by Crippen LogP contribution is 2.60. The molecule has 0 heterocycles. The number of rotatable bonds is 2. The van der Waals surface area contributed by atoms with Crippen LogP contribution in [0.5, 0.6) is 0 Å². The van der Waals surface area contributed by atoms with Gasteiger partial charge in [0.1, 0.15) is 11.2 Å². The number of ketones is 1. The first kappa shape index (κ1) is 13.3. The summed E-state index contributed by atoms with van der Waals surface area (Å²) in [4.78, 5) is 25.1. The molecular formula is C16H18FNO2. The van der Waals surface area contributed by atoms with Crippen molar-refractivity contribution < 1.29 is 14.0 Å². The van der Waals surface area contributed by atoms with Gasteiger partial charge in [0.2, 0.25) is 5.91 Å². The number of halogens is 1. The molecule has 1 amide bonds. The summed E-state index contributed by atoms with van der Waals surface area (Å²) in [6.07, 6.45) is 2.07. The van der Waals surface area contributed by atoms with Crippen LogP contribution < -0.4 is 5.32 Å². The zero-order valence-corrected chi connectivity index (χ0v) is 11.7. The Labute approximate surface area is 117 Å². The van der Waals surface area contributed by atoms with Crippen molar-refractivity contribution >= 4 is 17.4 Å². The van der Waals surface area contributed by atoms with Crippen molar-refractivity contribution in [2.24, 2.45) is 16.7 Å². The van der Waals surface area contributed by atoms with Gasteiger partial charge in [0.25, 0.3) is 0 Å². The number of fused-ring (bicyclic) bond motifs is 2. The number of para-hydroxylation sites is 1. The van der Waals surface area contributed by atoms with Crippen molar-refractivity contribution in [3.05, 3.63) is 30.1 Å². The van der Waals surface area contributed by atoms with Crippen molar-refractivity contribution in [2.75, 3.05) is 5.32 Å². The lowest BCUT2D eigenvalue weighted by Crippen LogP contribution is -2.44. The Morgan fingerprint density at radius 1 is 1.35 bits per heavy atom. The summed E-state index contributed by atoms with van der Waals surface area (Å²) in [7, 11) is 0. The van der Waals surface area contributed by atoms with E-state index in [0.717, 1.165) is 6.42 Å². The summed E-state index contributed by atoms with van der Waals surface area (Å²) >= 11 is 0. The maximum atomic E-state index is 13.6. The molecule has 2 fully saturated rings. The van der Waals surface area contributed by atoms with Gasteiger partial charge in [0.05, 0.1) is 5.69 Å².